The Bertz CT molecular complexity index is 116. The van der Waals surface area contributed by atoms with Gasteiger partial charge in [0.1, 0.15) is 11.9 Å². The third-order valence-electron chi connectivity index (χ3n) is 0.933. The molecule has 0 rings (SSSR count). The van der Waals surface area contributed by atoms with Gasteiger partial charge in [-0.05, 0) is 6.92 Å². The second kappa shape index (κ2) is 4.17. The molecule has 0 aromatic carbocycles. The van der Waals surface area contributed by atoms with E-state index in [2.05, 4.69) is 5.11 Å². The van der Waals surface area contributed by atoms with Crippen LogP contribution in [0.4, 0.5) is 0 Å². The average Bonchev–Trinajstić information content (AvgIpc) is 1.82. The highest BCUT2D eigenvalue weighted by molar-refractivity contribution is 5.00. The predicted molar refractivity (Wildman–Crippen MR) is 34.7 cm³/mol. The van der Waals surface area contributed by atoms with Crippen LogP contribution in [0.5, 0.6) is 0 Å². The van der Waals surface area contributed by atoms with E-state index in [0.29, 0.717) is 5.70 Å². The van der Waals surface area contributed by atoms with Crippen molar-refractivity contribution in [3.8, 4) is 0 Å². The molecule has 1 atom stereocenters. The fraction of sp³-hybridized carbons (Fsp3) is 0.600. The number of rotatable bonds is 3. The summed E-state index contributed by atoms with van der Waals surface area (Å²) in [6.07, 6.45) is 1.73. The van der Waals surface area contributed by atoms with E-state index in [1.807, 2.05) is 12.4 Å². The van der Waals surface area contributed by atoms with Crippen molar-refractivity contribution in [1.29, 1.82) is 5.53 Å². The number of quaternary nitrogens is 1. The number of hydrogen-bond donors (Lipinski definition) is 3. The predicted octanol–water partition coefficient (Wildman–Crippen LogP) is -0.601. The van der Waals surface area contributed by atoms with Gasteiger partial charge in [0.05, 0.1) is 13.1 Å². The summed E-state index contributed by atoms with van der Waals surface area (Å²) in [6, 6.07) is -0.140. The van der Waals surface area contributed by atoms with Crippen molar-refractivity contribution in [2.24, 2.45) is 10.8 Å². The van der Waals surface area contributed by atoms with Crippen LogP contribution < -0.4 is 11.1 Å². The van der Waals surface area contributed by atoms with Gasteiger partial charge in [-0.1, -0.05) is 0 Å². The summed E-state index contributed by atoms with van der Waals surface area (Å²) < 4.78 is 0. The van der Waals surface area contributed by atoms with Gasteiger partial charge in [0.15, 0.2) is 0 Å². The largest absolute Gasteiger partial charge is 0.323 e. The molecule has 0 heterocycles. The lowest BCUT2D eigenvalue weighted by Crippen LogP contribution is -2.73. The normalized spacial score (nSPS) is 15.2. The Hall–Kier alpha value is -0.740. The minimum Gasteiger partial charge on any atom is -0.323 e. The van der Waals surface area contributed by atoms with Gasteiger partial charge in [0, 0.05) is 0 Å². The first-order valence-corrected chi connectivity index (χ1v) is 2.85. The summed E-state index contributed by atoms with van der Waals surface area (Å²) in [7, 11) is 1.87. The number of nitrogens with two attached hydrogens (primary N) is 2. The minimum atomic E-state index is -0.140. The van der Waals surface area contributed by atoms with Crippen molar-refractivity contribution in [2.75, 3.05) is 7.05 Å². The Balaban J connectivity index is 3.97. The molecule has 0 saturated heterocycles. The van der Waals surface area contributed by atoms with E-state index in [-0.39, 0.29) is 6.04 Å². The van der Waals surface area contributed by atoms with E-state index in [9.17, 15) is 0 Å². The Morgan fingerprint density at radius 3 is 2.56 bits per heavy atom. The van der Waals surface area contributed by atoms with Crippen molar-refractivity contribution in [3.05, 3.63) is 11.9 Å². The van der Waals surface area contributed by atoms with Crippen LogP contribution in [-0.4, -0.2) is 13.1 Å². The molecule has 0 bridgehead atoms. The molecule has 0 aliphatic heterocycles. The molecule has 0 aromatic heterocycles. The molecular weight excluding hydrogens is 116 g/mol. The van der Waals surface area contributed by atoms with Gasteiger partial charge in [-0.3, -0.25) is 0 Å². The molecule has 4 heteroatoms. The third kappa shape index (κ3) is 2.94. The molecule has 9 heavy (non-hydrogen) atoms. The molecule has 5 N–H and O–H groups in total. The van der Waals surface area contributed by atoms with Crippen molar-refractivity contribution in [1.82, 2.24) is 0 Å². The second-order valence-corrected chi connectivity index (χ2v) is 1.83. The van der Waals surface area contributed by atoms with E-state index in [1.165, 1.54) is 0 Å². The monoisotopic (exact) mass is 129 g/mol. The summed E-state index contributed by atoms with van der Waals surface area (Å²) in [5, 5.41) is 5.05. The highest BCUT2D eigenvalue weighted by Crippen LogP contribution is 1.95. The van der Waals surface area contributed by atoms with Crippen LogP contribution in [0.25, 0.3) is 0 Å². The van der Waals surface area contributed by atoms with E-state index in [1.54, 1.807) is 13.1 Å². The number of nitrogens with zero attached hydrogens (tertiary/aromatic N) is 1. The third-order valence-corrected chi connectivity index (χ3v) is 0.933. The molecule has 0 aliphatic rings. The van der Waals surface area contributed by atoms with Crippen molar-refractivity contribution >= 4 is 0 Å². The van der Waals surface area contributed by atoms with Gasteiger partial charge < -0.3 is 11.1 Å². The fourth-order valence-electron chi connectivity index (χ4n) is 0.462. The quantitative estimate of drug-likeness (QED) is 0.437. The van der Waals surface area contributed by atoms with Crippen LogP contribution in [0, 0.1) is 5.53 Å². The lowest BCUT2D eigenvalue weighted by atomic mass is 10.3. The first-order chi connectivity index (χ1) is 4.22. The smallest absolute Gasteiger partial charge is 0.131 e. The Labute approximate surface area is 54.6 Å². The van der Waals surface area contributed by atoms with Gasteiger partial charge >= 0.3 is 0 Å². The molecule has 4 nitrogen and oxygen atoms in total. The molecule has 0 fully saturated rings. The zero-order valence-corrected chi connectivity index (χ0v) is 5.76. The van der Waals surface area contributed by atoms with Crippen LogP contribution in [0.3, 0.4) is 0 Å². The molecule has 0 saturated carbocycles. The summed E-state index contributed by atoms with van der Waals surface area (Å²) in [5.41, 5.74) is 12.7. The second-order valence-electron chi connectivity index (χ2n) is 1.83. The SMILES string of the molecule is C[NH2+]/C=C(\N=N)C(C)N. The van der Waals surface area contributed by atoms with Crippen LogP contribution in [-0.2, 0) is 0 Å². The van der Waals surface area contributed by atoms with Gasteiger partial charge in [0.25, 0.3) is 0 Å². The van der Waals surface area contributed by atoms with Crippen LogP contribution in [0.1, 0.15) is 6.92 Å². The first-order valence-electron chi connectivity index (χ1n) is 2.85. The van der Waals surface area contributed by atoms with Crippen LogP contribution in [0.15, 0.2) is 17.0 Å². The molecule has 1 unspecified atom stereocenters. The zero-order valence-electron chi connectivity index (χ0n) is 5.76. The fourth-order valence-corrected chi connectivity index (χ4v) is 0.462. The standard InChI is InChI=1S/C5H12N4/c1-4(6)5(9-7)3-8-2/h3-4,7-8H,6H2,1-2H3/p+1/b5-3-,9-7?. The van der Waals surface area contributed by atoms with E-state index in [4.69, 9.17) is 11.3 Å². The lowest BCUT2D eigenvalue weighted by molar-refractivity contribution is -0.557. The maximum Gasteiger partial charge on any atom is 0.131 e. The Morgan fingerprint density at radius 1 is 1.89 bits per heavy atom. The average molecular weight is 129 g/mol. The zero-order chi connectivity index (χ0) is 7.28. The number of nitrogens with one attached hydrogen (secondary N) is 1. The van der Waals surface area contributed by atoms with Gasteiger partial charge in [0.2, 0.25) is 0 Å². The Morgan fingerprint density at radius 2 is 2.44 bits per heavy atom. The highest BCUT2D eigenvalue weighted by Gasteiger charge is 2.00. The van der Waals surface area contributed by atoms with Crippen molar-refractivity contribution in [3.63, 3.8) is 0 Å². The molecule has 0 aromatic rings. The number of hydrogen-bond acceptors (Lipinski definition) is 3. The van der Waals surface area contributed by atoms with Crippen LogP contribution in [0.2, 0.25) is 0 Å². The van der Waals surface area contributed by atoms with Gasteiger partial charge in [-0.25, -0.2) is 5.53 Å². The van der Waals surface area contributed by atoms with Gasteiger partial charge in [-0.2, -0.15) is 5.11 Å². The van der Waals surface area contributed by atoms with E-state index < -0.39 is 0 Å². The molecular formula is C5H13N4+. The Kier molecular flexibility index (Phi) is 3.83. The molecule has 52 valence electrons. The molecule has 0 aliphatic carbocycles. The maximum atomic E-state index is 6.65. The minimum absolute atomic E-state index is 0.140. The van der Waals surface area contributed by atoms with Crippen LogP contribution >= 0.6 is 0 Å². The van der Waals surface area contributed by atoms with Gasteiger partial charge in [-0.15, -0.1) is 0 Å². The van der Waals surface area contributed by atoms with Crippen molar-refractivity contribution < 1.29 is 5.32 Å². The lowest BCUT2D eigenvalue weighted by Gasteiger charge is -1.99. The van der Waals surface area contributed by atoms with E-state index >= 15 is 0 Å². The molecule has 0 spiro atoms. The summed E-state index contributed by atoms with van der Waals surface area (Å²) in [4.78, 5) is 0. The summed E-state index contributed by atoms with van der Waals surface area (Å²) in [5.74, 6) is 0. The molecule has 0 amide bonds. The first kappa shape index (κ1) is 8.26. The molecule has 0 radical (unpaired) electrons. The highest BCUT2D eigenvalue weighted by atomic mass is 15.0. The summed E-state index contributed by atoms with van der Waals surface area (Å²) >= 11 is 0. The summed E-state index contributed by atoms with van der Waals surface area (Å²) in [6.45, 7) is 1.80. The van der Waals surface area contributed by atoms with E-state index in [0.717, 1.165) is 0 Å². The maximum absolute atomic E-state index is 6.65. The van der Waals surface area contributed by atoms with Crippen molar-refractivity contribution in [2.45, 2.75) is 13.0 Å². The topological polar surface area (TPSA) is 78.8 Å².